The maximum atomic E-state index is 12.9. The minimum atomic E-state index is -4.24. The number of alkyl halides is 3. The molecule has 12 heteroatoms. The molecule has 214 valence electrons. The fraction of sp³-hybridized carbons (Fsp3) is 0.556. The number of benzene rings is 1. The minimum Gasteiger partial charge on any atom is -0.492 e. The van der Waals surface area contributed by atoms with Crippen molar-refractivity contribution in [3.63, 3.8) is 0 Å². The summed E-state index contributed by atoms with van der Waals surface area (Å²) >= 11 is 1.09. The Bertz CT molecular complexity index is 1190. The molecular weight excluding hydrogens is 551 g/mol. The molecule has 2 atom stereocenters. The van der Waals surface area contributed by atoms with Crippen molar-refractivity contribution in [2.24, 2.45) is 0 Å². The van der Waals surface area contributed by atoms with E-state index in [9.17, 15) is 13.2 Å². The van der Waals surface area contributed by atoms with Crippen LogP contribution in [0.15, 0.2) is 36.7 Å². The zero-order valence-corrected chi connectivity index (χ0v) is 23.6. The average Bonchev–Trinajstić information content (AvgIpc) is 3.54. The molecule has 1 N–H and O–H groups in total. The smallest absolute Gasteiger partial charge is 0.393 e. The Morgan fingerprint density at radius 3 is 2.67 bits per heavy atom. The lowest BCUT2D eigenvalue weighted by Crippen LogP contribution is -2.38. The van der Waals surface area contributed by atoms with Gasteiger partial charge in [0.25, 0.3) is 0 Å². The van der Waals surface area contributed by atoms with Crippen molar-refractivity contribution in [2.75, 3.05) is 51.4 Å². The van der Waals surface area contributed by atoms with E-state index in [1.165, 1.54) is 11.9 Å². The van der Waals surface area contributed by atoms with Crippen LogP contribution < -0.4 is 15.0 Å². The van der Waals surface area contributed by atoms with Crippen LogP contribution in [0.3, 0.4) is 0 Å². The number of rotatable bonds is 10. The standard InChI is InChI=1S/C27H34F3N5O2S.ClH/c1-34(25-24-15-23(16-27(28,29)30)38-26(24)33-18-32-25)21-5-4-20(14-21)31-17-19-2-6-22(7-3-19)37-13-10-35-8-11-36-12-9-35;/h2-3,6-7,15,18,20-21,31H,4-5,8-14,16-17H2,1H3;1H/t20-,21+;/m0./s1. The molecular formula is C27H35ClF3N5O2S. The Balaban J connectivity index is 0.00000353. The van der Waals surface area contributed by atoms with Gasteiger partial charge in [-0.05, 0) is 43.0 Å². The van der Waals surface area contributed by atoms with Gasteiger partial charge in [-0.2, -0.15) is 13.2 Å². The zero-order chi connectivity index (χ0) is 26.5. The second-order valence-corrected chi connectivity index (χ2v) is 11.1. The van der Waals surface area contributed by atoms with Crippen molar-refractivity contribution >= 4 is 39.8 Å². The molecule has 0 unspecified atom stereocenters. The Hall–Kier alpha value is -2.18. The predicted molar refractivity (Wildman–Crippen MR) is 150 cm³/mol. The molecule has 5 rings (SSSR count). The molecule has 2 fully saturated rings. The van der Waals surface area contributed by atoms with Crippen LogP contribution in [0.5, 0.6) is 5.75 Å². The molecule has 7 nitrogen and oxygen atoms in total. The Labute approximate surface area is 237 Å². The van der Waals surface area contributed by atoms with E-state index in [0.717, 1.165) is 75.7 Å². The van der Waals surface area contributed by atoms with Crippen LogP contribution >= 0.6 is 23.7 Å². The van der Waals surface area contributed by atoms with Gasteiger partial charge in [-0.15, -0.1) is 23.7 Å². The van der Waals surface area contributed by atoms with Gasteiger partial charge in [0.2, 0.25) is 0 Å². The molecule has 0 spiro atoms. The summed E-state index contributed by atoms with van der Waals surface area (Å²) in [4.78, 5) is 14.0. The van der Waals surface area contributed by atoms with Crippen molar-refractivity contribution in [3.05, 3.63) is 47.1 Å². The van der Waals surface area contributed by atoms with Gasteiger partial charge in [0.15, 0.2) is 0 Å². The Morgan fingerprint density at radius 2 is 1.92 bits per heavy atom. The fourth-order valence-corrected chi connectivity index (χ4v) is 6.23. The first-order chi connectivity index (χ1) is 18.3. The van der Waals surface area contributed by atoms with Crippen LogP contribution in [0.2, 0.25) is 0 Å². The number of nitrogens with one attached hydrogen (secondary N) is 1. The number of ether oxygens (including phenoxy) is 2. The number of aromatic nitrogens is 2. The quantitative estimate of drug-likeness (QED) is 0.356. The van der Waals surface area contributed by atoms with Crippen LogP contribution in [-0.4, -0.2) is 79.6 Å². The molecule has 3 aromatic rings. The van der Waals surface area contributed by atoms with Crippen LogP contribution in [0.25, 0.3) is 10.2 Å². The van der Waals surface area contributed by atoms with Gasteiger partial charge < -0.3 is 19.7 Å². The highest BCUT2D eigenvalue weighted by Crippen LogP contribution is 2.35. The normalized spacial score (nSPS) is 20.2. The van der Waals surface area contributed by atoms with E-state index in [2.05, 4.69) is 37.2 Å². The highest BCUT2D eigenvalue weighted by molar-refractivity contribution is 7.18. The van der Waals surface area contributed by atoms with Crippen LogP contribution in [-0.2, 0) is 17.7 Å². The third kappa shape index (κ3) is 8.17. The third-order valence-electron chi connectivity index (χ3n) is 7.32. The van der Waals surface area contributed by atoms with Crippen molar-refractivity contribution in [2.45, 2.75) is 50.5 Å². The summed E-state index contributed by atoms with van der Waals surface area (Å²) in [5, 5.41) is 4.36. The van der Waals surface area contributed by atoms with Gasteiger partial charge in [-0.3, -0.25) is 4.90 Å². The second kappa shape index (κ2) is 13.5. The minimum absolute atomic E-state index is 0. The van der Waals surface area contributed by atoms with Gasteiger partial charge in [0.1, 0.15) is 29.3 Å². The van der Waals surface area contributed by atoms with Crippen molar-refractivity contribution in [1.82, 2.24) is 20.2 Å². The van der Waals surface area contributed by atoms with Gasteiger partial charge >= 0.3 is 6.18 Å². The molecule has 1 aliphatic heterocycles. The lowest BCUT2D eigenvalue weighted by atomic mass is 10.1. The van der Waals surface area contributed by atoms with E-state index in [0.29, 0.717) is 28.7 Å². The number of morpholine rings is 1. The monoisotopic (exact) mass is 585 g/mol. The van der Waals surface area contributed by atoms with E-state index >= 15 is 0 Å². The highest BCUT2D eigenvalue weighted by Gasteiger charge is 2.31. The van der Waals surface area contributed by atoms with Crippen LogP contribution in [0.1, 0.15) is 29.7 Å². The summed E-state index contributed by atoms with van der Waals surface area (Å²) in [7, 11) is 1.98. The number of fused-ring (bicyclic) bond motifs is 1. The molecule has 0 bridgehead atoms. The van der Waals surface area contributed by atoms with E-state index in [1.807, 2.05) is 19.2 Å². The molecule has 1 saturated heterocycles. The number of nitrogens with zero attached hydrogens (tertiary/aromatic N) is 4. The maximum absolute atomic E-state index is 12.9. The Kier molecular flexibility index (Phi) is 10.3. The molecule has 2 aliphatic rings. The molecule has 2 aromatic heterocycles. The van der Waals surface area contributed by atoms with Crippen molar-refractivity contribution in [1.29, 1.82) is 0 Å². The van der Waals surface area contributed by atoms with Crippen molar-refractivity contribution in [3.8, 4) is 5.75 Å². The molecule has 0 radical (unpaired) electrons. The summed E-state index contributed by atoms with van der Waals surface area (Å²) in [5.74, 6) is 1.59. The molecule has 39 heavy (non-hydrogen) atoms. The third-order valence-corrected chi connectivity index (χ3v) is 8.36. The van der Waals surface area contributed by atoms with E-state index in [-0.39, 0.29) is 23.3 Å². The molecule has 1 aliphatic carbocycles. The van der Waals surface area contributed by atoms with Crippen molar-refractivity contribution < 1.29 is 22.6 Å². The molecule has 1 aromatic carbocycles. The first kappa shape index (κ1) is 29.8. The average molecular weight is 586 g/mol. The number of thiophene rings is 1. The molecule has 3 heterocycles. The predicted octanol–water partition coefficient (Wildman–Crippen LogP) is 5.08. The number of anilines is 1. The topological polar surface area (TPSA) is 62.8 Å². The number of hydrogen-bond acceptors (Lipinski definition) is 8. The number of hydrogen-bond donors (Lipinski definition) is 1. The SMILES string of the molecule is CN(c1ncnc2sc(CC(F)(F)F)cc12)[C@@H]1CC[C@H](NCc2ccc(OCCN3CCOCC3)cc2)C1.Cl. The van der Waals surface area contributed by atoms with Gasteiger partial charge in [0.05, 0.1) is 25.0 Å². The summed E-state index contributed by atoms with van der Waals surface area (Å²) in [6.45, 7) is 5.88. The van der Waals surface area contributed by atoms with E-state index in [4.69, 9.17) is 9.47 Å². The first-order valence-corrected chi connectivity index (χ1v) is 13.9. The molecule has 0 amide bonds. The summed E-state index contributed by atoms with van der Waals surface area (Å²) in [5.41, 5.74) is 1.20. The van der Waals surface area contributed by atoms with Crippen LogP contribution in [0.4, 0.5) is 19.0 Å². The largest absolute Gasteiger partial charge is 0.492 e. The summed E-state index contributed by atoms with van der Waals surface area (Å²) in [6.07, 6.45) is -0.744. The van der Waals surface area contributed by atoms with Crippen LogP contribution in [0, 0.1) is 0 Å². The summed E-state index contributed by atoms with van der Waals surface area (Å²) in [6, 6.07) is 10.5. The zero-order valence-electron chi connectivity index (χ0n) is 22.0. The second-order valence-electron chi connectivity index (χ2n) is 10.0. The lowest BCUT2D eigenvalue weighted by molar-refractivity contribution is -0.126. The number of halogens is 4. The first-order valence-electron chi connectivity index (χ1n) is 13.1. The lowest BCUT2D eigenvalue weighted by Gasteiger charge is -2.26. The van der Waals surface area contributed by atoms with Gasteiger partial charge in [-0.1, -0.05) is 12.1 Å². The van der Waals surface area contributed by atoms with Gasteiger partial charge in [-0.25, -0.2) is 9.97 Å². The van der Waals surface area contributed by atoms with E-state index in [1.54, 1.807) is 6.07 Å². The fourth-order valence-electron chi connectivity index (χ4n) is 5.21. The van der Waals surface area contributed by atoms with Gasteiger partial charge in [0, 0.05) is 50.2 Å². The highest BCUT2D eigenvalue weighted by atomic mass is 35.5. The maximum Gasteiger partial charge on any atom is 0.393 e. The molecule has 1 saturated carbocycles. The van der Waals surface area contributed by atoms with E-state index < -0.39 is 12.6 Å². The Morgan fingerprint density at radius 1 is 1.15 bits per heavy atom. The summed E-state index contributed by atoms with van der Waals surface area (Å²) < 4.78 is 49.9.